The molecule has 5 heteroatoms. The Morgan fingerprint density at radius 3 is 1.04 bits per heavy atom. The molecule has 0 spiro atoms. The molecule has 0 amide bonds. The predicted octanol–water partition coefficient (Wildman–Crippen LogP) is 3.82. The van der Waals surface area contributed by atoms with E-state index in [4.69, 9.17) is 0 Å². The maximum atomic E-state index is 13.2. The molecule has 2 nitrogen and oxygen atoms in total. The van der Waals surface area contributed by atoms with Crippen LogP contribution >= 0.6 is 25.0 Å². The van der Waals surface area contributed by atoms with Crippen LogP contribution in [0.1, 0.15) is 0 Å². The van der Waals surface area contributed by atoms with Gasteiger partial charge < -0.3 is 0 Å². The van der Waals surface area contributed by atoms with E-state index in [2.05, 4.69) is 0 Å². The molecule has 3 rings (SSSR count). The van der Waals surface area contributed by atoms with Gasteiger partial charge in [0.05, 0.1) is 0 Å². The van der Waals surface area contributed by atoms with Gasteiger partial charge in [-0.15, -0.1) is 0 Å². The molecule has 119 valence electrons. The van der Waals surface area contributed by atoms with Gasteiger partial charge >= 0.3 is 150 Å². The molecule has 0 radical (unpaired) electrons. The van der Waals surface area contributed by atoms with Crippen molar-refractivity contribution in [2.45, 2.75) is 0 Å². The van der Waals surface area contributed by atoms with Gasteiger partial charge in [0, 0.05) is 0 Å². The molecular formula is C18H16IO2PRe. The first kappa shape index (κ1) is 16.9. The van der Waals surface area contributed by atoms with Crippen molar-refractivity contribution in [1.29, 1.82) is 0 Å². The Morgan fingerprint density at radius 1 is 0.565 bits per heavy atom. The summed E-state index contributed by atoms with van der Waals surface area (Å²) in [5.41, 5.74) is -3.05. The molecule has 3 aromatic rings. The van der Waals surface area contributed by atoms with Crippen LogP contribution in [0.15, 0.2) is 91.0 Å². The van der Waals surface area contributed by atoms with Crippen molar-refractivity contribution in [2.24, 2.45) is 0 Å². The molecule has 0 aromatic heterocycles. The van der Waals surface area contributed by atoms with Crippen LogP contribution in [0, 0.1) is 0 Å². The summed E-state index contributed by atoms with van der Waals surface area (Å²) in [7, 11) is 0. The van der Waals surface area contributed by atoms with Crippen LogP contribution in [0.5, 0.6) is 0 Å². The second kappa shape index (κ2) is 6.91. The molecular weight excluding hydrogens is 592 g/mol. The van der Waals surface area contributed by atoms with E-state index in [1.165, 1.54) is 0 Å². The summed E-state index contributed by atoms with van der Waals surface area (Å²) in [5, 5.41) is 2.80. The zero-order valence-corrected chi connectivity index (χ0v) is 18.1. The summed E-state index contributed by atoms with van der Waals surface area (Å²) < 4.78 is 26.4. The summed E-state index contributed by atoms with van der Waals surface area (Å²) in [4.78, 5) is 0. The van der Waals surface area contributed by atoms with Crippen LogP contribution in [-0.2, 0) is 18.3 Å². The Labute approximate surface area is 149 Å². The number of halogens is 1. The van der Waals surface area contributed by atoms with Gasteiger partial charge in [0.1, 0.15) is 0 Å². The Balaban J connectivity index is 2.46. The van der Waals surface area contributed by atoms with Crippen LogP contribution in [0.4, 0.5) is 0 Å². The first-order chi connectivity index (χ1) is 11.1. The van der Waals surface area contributed by atoms with E-state index in [9.17, 15) is 6.94 Å². The fourth-order valence-electron chi connectivity index (χ4n) is 2.89. The molecule has 0 saturated heterocycles. The number of rotatable bonds is 4. The average Bonchev–Trinajstić information content (AvgIpc) is 2.57. The Hall–Kier alpha value is -0.918. The van der Waals surface area contributed by atoms with Crippen molar-refractivity contribution < 1.29 is 18.3 Å². The molecule has 0 bridgehead atoms. The minimum atomic E-state index is -4.81. The Morgan fingerprint density at radius 2 is 0.826 bits per heavy atom. The van der Waals surface area contributed by atoms with E-state index in [0.29, 0.717) is 0 Å². The first-order valence-corrected chi connectivity index (χ1v) is 23.0. The zero-order valence-electron chi connectivity index (χ0n) is 12.2. The van der Waals surface area contributed by atoms with Crippen molar-refractivity contribution >= 4 is 40.9 Å². The van der Waals surface area contributed by atoms with Gasteiger partial charge in [-0.1, -0.05) is 0 Å². The quantitative estimate of drug-likeness (QED) is 0.334. The minimum absolute atomic E-state index is 0.934. The van der Waals surface area contributed by atoms with E-state index in [-0.39, 0.29) is 0 Å². The summed E-state index contributed by atoms with van der Waals surface area (Å²) in [6.45, 7) is 0. The standard InChI is InChI=1S/C18H15P.HI.2O.Re/c1-4-10-16(11-5-1)19(17-12-6-2-7-13-17)18-14-8-3-9-15-18;;;;/h1-15H;1H;;;. The molecule has 0 fully saturated rings. The molecule has 0 atom stereocenters. The molecule has 0 unspecified atom stereocenters. The monoisotopic (exact) mass is 609 g/mol. The molecule has 0 aliphatic heterocycles. The van der Waals surface area contributed by atoms with Gasteiger partial charge in [-0.3, -0.25) is 0 Å². The van der Waals surface area contributed by atoms with Crippen LogP contribution in [-0.4, -0.2) is 0 Å². The van der Waals surface area contributed by atoms with Gasteiger partial charge in [-0.2, -0.15) is 0 Å². The number of benzene rings is 3. The van der Waals surface area contributed by atoms with E-state index in [1.54, 1.807) is 19.5 Å². The Kier molecular flexibility index (Phi) is 5.08. The summed E-state index contributed by atoms with van der Waals surface area (Å²) >= 11 is -3.05. The average molecular weight is 608 g/mol. The summed E-state index contributed by atoms with van der Waals surface area (Å²) in [6, 6.07) is 29.1. The second-order valence-electron chi connectivity index (χ2n) is 5.16. The number of hydrogen-bond acceptors (Lipinski definition) is 2. The van der Waals surface area contributed by atoms with E-state index in [0.717, 1.165) is 15.9 Å². The van der Waals surface area contributed by atoms with Crippen LogP contribution in [0.3, 0.4) is 0 Å². The molecule has 23 heavy (non-hydrogen) atoms. The summed E-state index contributed by atoms with van der Waals surface area (Å²) in [6.07, 6.45) is 0. The molecule has 0 saturated carbocycles. The van der Waals surface area contributed by atoms with E-state index in [1.807, 2.05) is 91.0 Å². The fourth-order valence-corrected chi connectivity index (χ4v) is 36.5. The predicted molar refractivity (Wildman–Crippen MR) is 102 cm³/mol. The third-order valence-corrected chi connectivity index (χ3v) is 37.3. The normalized spacial score (nSPS) is 12.7. The Bertz CT molecular complexity index is 785. The third-order valence-electron chi connectivity index (χ3n) is 3.85. The third kappa shape index (κ3) is 3.06. The fraction of sp³-hybridized carbons (Fsp3) is 0. The zero-order chi connectivity index (χ0) is 16.3. The SMILES string of the molecule is [O]=[Re](=[O])([I])[PH](c1ccccc1)(c1ccccc1)c1ccccc1. The van der Waals surface area contributed by atoms with Crippen LogP contribution in [0.25, 0.3) is 0 Å². The van der Waals surface area contributed by atoms with E-state index >= 15 is 0 Å². The molecule has 0 N–H and O–H groups in total. The van der Waals surface area contributed by atoms with Gasteiger partial charge in [0.15, 0.2) is 0 Å². The maximum absolute atomic E-state index is 13.2. The second-order valence-corrected chi connectivity index (χ2v) is 36.4. The van der Waals surface area contributed by atoms with Gasteiger partial charge in [-0.25, -0.2) is 0 Å². The van der Waals surface area contributed by atoms with Crippen molar-refractivity contribution in [3.05, 3.63) is 91.0 Å². The van der Waals surface area contributed by atoms with Crippen molar-refractivity contribution in [2.75, 3.05) is 0 Å². The van der Waals surface area contributed by atoms with Gasteiger partial charge in [0.25, 0.3) is 0 Å². The van der Waals surface area contributed by atoms with Crippen LogP contribution < -0.4 is 15.9 Å². The first-order valence-electron chi connectivity index (χ1n) is 7.12. The number of hydrogen-bond donors (Lipinski definition) is 0. The van der Waals surface area contributed by atoms with Gasteiger partial charge in [0.2, 0.25) is 0 Å². The topological polar surface area (TPSA) is 34.1 Å². The molecule has 3 aromatic carbocycles. The van der Waals surface area contributed by atoms with Crippen molar-refractivity contribution in [3.8, 4) is 0 Å². The van der Waals surface area contributed by atoms with Gasteiger partial charge in [-0.05, 0) is 0 Å². The summed E-state index contributed by atoms with van der Waals surface area (Å²) in [5.74, 6) is 0. The molecule has 0 aliphatic rings. The van der Waals surface area contributed by atoms with Crippen molar-refractivity contribution in [1.82, 2.24) is 0 Å². The molecule has 0 heterocycles. The van der Waals surface area contributed by atoms with E-state index < -0.39 is 16.8 Å². The molecule has 0 aliphatic carbocycles. The van der Waals surface area contributed by atoms with Crippen molar-refractivity contribution in [3.63, 3.8) is 0 Å². The van der Waals surface area contributed by atoms with Crippen LogP contribution in [0.2, 0.25) is 0 Å².